The van der Waals surface area contributed by atoms with Crippen LogP contribution in [0.2, 0.25) is 0 Å². The first-order valence-electron chi connectivity index (χ1n) is 5.03. The number of methoxy groups -OCH3 is 1. The summed E-state index contributed by atoms with van der Waals surface area (Å²) in [7, 11) is 1.01. The summed E-state index contributed by atoms with van der Waals surface area (Å²) in [4.78, 5) is 14.4. The Morgan fingerprint density at radius 1 is 1.29 bits per heavy atom. The molecule has 0 unspecified atom stereocenters. The standard InChI is InChI=1S/C10H6F6INO3/c1-20-6(19)2-4-8(17)7(9(11,12)13)5(3-18-4)21-10(14,15)16/h3H,2H2,1H3. The molecule has 0 N–H and O–H groups in total. The van der Waals surface area contributed by atoms with Gasteiger partial charge in [-0.05, 0) is 22.6 Å². The van der Waals surface area contributed by atoms with Crippen molar-refractivity contribution >= 4 is 28.6 Å². The van der Waals surface area contributed by atoms with Crippen LogP contribution in [0.1, 0.15) is 11.3 Å². The number of nitrogens with zero attached hydrogens (tertiary/aromatic N) is 1. The minimum absolute atomic E-state index is 0.275. The van der Waals surface area contributed by atoms with E-state index in [1.807, 2.05) is 0 Å². The minimum atomic E-state index is -5.30. The second kappa shape index (κ2) is 6.23. The zero-order valence-corrected chi connectivity index (χ0v) is 12.3. The van der Waals surface area contributed by atoms with Gasteiger partial charge in [0.1, 0.15) is 5.56 Å². The third-order valence-electron chi connectivity index (χ3n) is 2.11. The number of carbonyl (C=O) groups is 1. The molecule has 4 nitrogen and oxygen atoms in total. The lowest BCUT2D eigenvalue weighted by Gasteiger charge is -2.17. The van der Waals surface area contributed by atoms with E-state index < -0.39 is 39.8 Å². The average Bonchev–Trinajstić information content (AvgIpc) is 2.28. The summed E-state index contributed by atoms with van der Waals surface area (Å²) in [5.41, 5.74) is -2.00. The van der Waals surface area contributed by atoms with Gasteiger partial charge in [0.2, 0.25) is 0 Å². The monoisotopic (exact) mass is 429 g/mol. The van der Waals surface area contributed by atoms with E-state index in [4.69, 9.17) is 0 Å². The molecule has 0 amide bonds. The van der Waals surface area contributed by atoms with E-state index in [1.54, 1.807) is 0 Å². The summed E-state index contributed by atoms with van der Waals surface area (Å²) in [5, 5.41) is 0. The Hall–Kier alpha value is -1.27. The molecule has 1 aromatic heterocycles. The summed E-state index contributed by atoms with van der Waals surface area (Å²) in [5.74, 6) is -2.36. The zero-order chi connectivity index (χ0) is 16.4. The fourth-order valence-electron chi connectivity index (χ4n) is 1.31. The fraction of sp³-hybridized carbons (Fsp3) is 0.400. The van der Waals surface area contributed by atoms with Crippen molar-refractivity contribution in [3.8, 4) is 5.75 Å². The zero-order valence-electron chi connectivity index (χ0n) is 10.1. The van der Waals surface area contributed by atoms with Gasteiger partial charge in [0, 0.05) is 0 Å². The van der Waals surface area contributed by atoms with E-state index in [0.29, 0.717) is 0 Å². The number of rotatable bonds is 3. The number of esters is 1. The van der Waals surface area contributed by atoms with Crippen LogP contribution in [0.3, 0.4) is 0 Å². The molecular formula is C10H6F6INO3. The molecule has 0 aliphatic carbocycles. The van der Waals surface area contributed by atoms with Crippen LogP contribution in [0.4, 0.5) is 26.3 Å². The van der Waals surface area contributed by atoms with Crippen molar-refractivity contribution in [2.24, 2.45) is 0 Å². The summed E-state index contributed by atoms with van der Waals surface area (Å²) in [6.07, 6.45) is -10.7. The molecule has 118 valence electrons. The number of alkyl halides is 6. The van der Waals surface area contributed by atoms with Gasteiger partial charge in [0.05, 0.1) is 29.0 Å². The van der Waals surface area contributed by atoms with Gasteiger partial charge in [-0.2, -0.15) is 13.2 Å². The summed E-state index contributed by atoms with van der Waals surface area (Å²) < 4.78 is 81.9. The van der Waals surface area contributed by atoms with Gasteiger partial charge in [-0.1, -0.05) is 0 Å². The van der Waals surface area contributed by atoms with E-state index in [9.17, 15) is 31.1 Å². The molecule has 11 heteroatoms. The molecule has 0 aromatic carbocycles. The molecule has 21 heavy (non-hydrogen) atoms. The predicted molar refractivity (Wildman–Crippen MR) is 64.4 cm³/mol. The van der Waals surface area contributed by atoms with Gasteiger partial charge in [-0.15, -0.1) is 13.2 Å². The van der Waals surface area contributed by atoms with Crippen LogP contribution in [0.25, 0.3) is 0 Å². The summed E-state index contributed by atoms with van der Waals surface area (Å²) in [6.45, 7) is 0. The maximum absolute atomic E-state index is 12.9. The van der Waals surface area contributed by atoms with Crippen molar-refractivity contribution in [2.75, 3.05) is 7.11 Å². The van der Waals surface area contributed by atoms with Crippen molar-refractivity contribution in [1.29, 1.82) is 0 Å². The number of aromatic nitrogens is 1. The number of pyridine rings is 1. The van der Waals surface area contributed by atoms with E-state index in [-0.39, 0.29) is 11.9 Å². The molecular weight excluding hydrogens is 423 g/mol. The maximum atomic E-state index is 12.9. The molecule has 0 radical (unpaired) electrons. The van der Waals surface area contributed by atoms with Crippen molar-refractivity contribution in [3.63, 3.8) is 0 Å². The molecule has 0 aliphatic heterocycles. The van der Waals surface area contributed by atoms with Gasteiger partial charge >= 0.3 is 18.5 Å². The molecule has 1 aromatic rings. The molecule has 1 rings (SSSR count). The highest BCUT2D eigenvalue weighted by Gasteiger charge is 2.42. The molecule has 0 saturated carbocycles. The third kappa shape index (κ3) is 4.89. The number of halogens is 7. The average molecular weight is 429 g/mol. The van der Waals surface area contributed by atoms with E-state index in [2.05, 4.69) is 14.5 Å². The first kappa shape index (κ1) is 17.8. The Balaban J connectivity index is 3.36. The second-order valence-electron chi connectivity index (χ2n) is 3.56. The van der Waals surface area contributed by atoms with Crippen molar-refractivity contribution in [1.82, 2.24) is 4.98 Å². The largest absolute Gasteiger partial charge is 0.573 e. The Bertz CT molecular complexity index is 543. The topological polar surface area (TPSA) is 48.4 Å². The van der Waals surface area contributed by atoms with Crippen molar-refractivity contribution < 1.29 is 40.6 Å². The number of hydrogen-bond acceptors (Lipinski definition) is 4. The van der Waals surface area contributed by atoms with Crippen LogP contribution in [-0.4, -0.2) is 24.4 Å². The Labute approximate surface area is 127 Å². The van der Waals surface area contributed by atoms with Crippen LogP contribution in [0.15, 0.2) is 6.20 Å². The minimum Gasteiger partial charge on any atom is -0.469 e. The molecule has 0 fully saturated rings. The van der Waals surface area contributed by atoms with E-state index >= 15 is 0 Å². The predicted octanol–water partition coefficient (Wildman–Crippen LogP) is 3.32. The van der Waals surface area contributed by atoms with E-state index in [0.717, 1.165) is 29.7 Å². The Morgan fingerprint density at radius 3 is 2.29 bits per heavy atom. The highest BCUT2D eigenvalue weighted by atomic mass is 127. The normalized spacial score (nSPS) is 12.2. The maximum Gasteiger partial charge on any atom is 0.573 e. The second-order valence-corrected chi connectivity index (χ2v) is 4.64. The quantitative estimate of drug-likeness (QED) is 0.421. The molecule has 0 atom stereocenters. The lowest BCUT2D eigenvalue weighted by Crippen LogP contribution is -2.22. The lowest BCUT2D eigenvalue weighted by molar-refractivity contribution is -0.276. The van der Waals surface area contributed by atoms with Gasteiger partial charge in [0.15, 0.2) is 5.75 Å². The van der Waals surface area contributed by atoms with Crippen LogP contribution in [-0.2, 0) is 22.1 Å². The van der Waals surface area contributed by atoms with Gasteiger partial charge in [-0.3, -0.25) is 9.78 Å². The van der Waals surface area contributed by atoms with Crippen LogP contribution in [0, 0.1) is 3.57 Å². The Morgan fingerprint density at radius 2 is 1.86 bits per heavy atom. The first-order chi connectivity index (χ1) is 9.45. The summed E-state index contributed by atoms with van der Waals surface area (Å²) >= 11 is 1.16. The molecule has 0 spiro atoms. The molecule has 0 aliphatic rings. The number of hydrogen-bond donors (Lipinski definition) is 0. The smallest absolute Gasteiger partial charge is 0.469 e. The molecule has 0 bridgehead atoms. The number of ether oxygens (including phenoxy) is 2. The van der Waals surface area contributed by atoms with Gasteiger partial charge in [0.25, 0.3) is 0 Å². The highest BCUT2D eigenvalue weighted by molar-refractivity contribution is 14.1. The lowest BCUT2D eigenvalue weighted by atomic mass is 10.1. The highest BCUT2D eigenvalue weighted by Crippen LogP contribution is 2.41. The van der Waals surface area contributed by atoms with Crippen LogP contribution >= 0.6 is 22.6 Å². The Kier molecular flexibility index (Phi) is 5.28. The van der Waals surface area contributed by atoms with E-state index in [1.165, 1.54) is 0 Å². The van der Waals surface area contributed by atoms with Crippen molar-refractivity contribution in [3.05, 3.63) is 21.0 Å². The summed E-state index contributed by atoms with van der Waals surface area (Å²) in [6, 6.07) is 0. The van der Waals surface area contributed by atoms with Gasteiger partial charge in [-0.25, -0.2) is 0 Å². The molecule has 1 heterocycles. The first-order valence-corrected chi connectivity index (χ1v) is 6.10. The van der Waals surface area contributed by atoms with Crippen LogP contribution < -0.4 is 4.74 Å². The fourth-order valence-corrected chi connectivity index (χ4v) is 2.21. The van der Waals surface area contributed by atoms with Crippen LogP contribution in [0.5, 0.6) is 5.75 Å². The van der Waals surface area contributed by atoms with Crippen molar-refractivity contribution in [2.45, 2.75) is 19.0 Å². The van der Waals surface area contributed by atoms with Gasteiger partial charge < -0.3 is 9.47 Å². The SMILES string of the molecule is COC(=O)Cc1ncc(OC(F)(F)F)c(C(F)(F)F)c1I. The molecule has 0 saturated heterocycles. The third-order valence-corrected chi connectivity index (χ3v) is 3.27. The number of carbonyl (C=O) groups excluding carboxylic acids is 1.